The molecule has 5 nitrogen and oxygen atoms in total. The second kappa shape index (κ2) is 4.28. The number of pyridine rings is 1. The van der Waals surface area contributed by atoms with Gasteiger partial charge in [0.05, 0.1) is 29.2 Å². The first-order valence-corrected chi connectivity index (χ1v) is 6.04. The Morgan fingerprint density at radius 3 is 2.84 bits per heavy atom. The summed E-state index contributed by atoms with van der Waals surface area (Å²) >= 11 is 0. The third kappa shape index (κ3) is 1.99. The van der Waals surface area contributed by atoms with Gasteiger partial charge in [0.2, 0.25) is 0 Å². The first-order chi connectivity index (χ1) is 9.15. The van der Waals surface area contributed by atoms with Crippen LogP contribution >= 0.6 is 0 Å². The SMILES string of the molecule is Cc1cc(N(C)c2ccc3nc[nH]c3c2)ncc1N. The van der Waals surface area contributed by atoms with Gasteiger partial charge in [0, 0.05) is 12.7 Å². The summed E-state index contributed by atoms with van der Waals surface area (Å²) in [5, 5.41) is 0. The molecule has 0 unspecified atom stereocenters. The highest BCUT2D eigenvalue weighted by Crippen LogP contribution is 2.26. The van der Waals surface area contributed by atoms with E-state index in [1.165, 1.54) is 0 Å². The molecule has 5 heteroatoms. The van der Waals surface area contributed by atoms with Gasteiger partial charge in [0.1, 0.15) is 5.82 Å². The number of rotatable bonds is 2. The lowest BCUT2D eigenvalue weighted by atomic mass is 10.2. The Morgan fingerprint density at radius 1 is 1.21 bits per heavy atom. The average molecular weight is 253 g/mol. The molecule has 0 atom stereocenters. The van der Waals surface area contributed by atoms with Gasteiger partial charge in [-0.05, 0) is 36.8 Å². The van der Waals surface area contributed by atoms with Crippen molar-refractivity contribution in [1.29, 1.82) is 0 Å². The third-order valence-corrected chi connectivity index (χ3v) is 3.27. The summed E-state index contributed by atoms with van der Waals surface area (Å²) < 4.78 is 0. The fraction of sp³-hybridized carbons (Fsp3) is 0.143. The maximum absolute atomic E-state index is 5.79. The van der Waals surface area contributed by atoms with Crippen LogP contribution in [-0.4, -0.2) is 22.0 Å². The van der Waals surface area contributed by atoms with Gasteiger partial charge >= 0.3 is 0 Å². The van der Waals surface area contributed by atoms with Crippen LogP contribution < -0.4 is 10.6 Å². The highest BCUT2D eigenvalue weighted by Gasteiger charge is 2.08. The summed E-state index contributed by atoms with van der Waals surface area (Å²) in [4.78, 5) is 13.7. The van der Waals surface area contributed by atoms with Crippen LogP contribution in [0.25, 0.3) is 11.0 Å². The molecule has 2 aromatic heterocycles. The fourth-order valence-electron chi connectivity index (χ4n) is 2.00. The normalized spacial score (nSPS) is 10.8. The third-order valence-electron chi connectivity index (χ3n) is 3.27. The van der Waals surface area contributed by atoms with Crippen LogP contribution in [0.4, 0.5) is 17.2 Å². The molecule has 3 aromatic rings. The lowest BCUT2D eigenvalue weighted by Gasteiger charge is -2.19. The molecule has 0 amide bonds. The topological polar surface area (TPSA) is 70.8 Å². The Bertz CT molecular complexity index is 732. The standard InChI is InChI=1S/C14H15N5/c1-9-5-14(16-7-11(9)15)19(2)10-3-4-12-13(6-10)18-8-17-12/h3-8H,15H2,1-2H3,(H,17,18). The van der Waals surface area contributed by atoms with Gasteiger partial charge in [-0.2, -0.15) is 0 Å². The molecule has 96 valence electrons. The van der Waals surface area contributed by atoms with E-state index in [4.69, 9.17) is 5.73 Å². The smallest absolute Gasteiger partial charge is 0.133 e. The monoisotopic (exact) mass is 253 g/mol. The zero-order valence-electron chi connectivity index (χ0n) is 10.9. The highest BCUT2D eigenvalue weighted by molar-refractivity contribution is 5.80. The van der Waals surface area contributed by atoms with E-state index in [-0.39, 0.29) is 0 Å². The number of nitrogens with two attached hydrogens (primary N) is 1. The molecule has 0 fully saturated rings. The molecule has 19 heavy (non-hydrogen) atoms. The number of nitrogen functional groups attached to an aromatic ring is 1. The van der Waals surface area contributed by atoms with Gasteiger partial charge in [0.15, 0.2) is 0 Å². The number of anilines is 3. The number of H-pyrrole nitrogens is 1. The first-order valence-electron chi connectivity index (χ1n) is 6.04. The van der Waals surface area contributed by atoms with E-state index in [0.29, 0.717) is 5.69 Å². The minimum absolute atomic E-state index is 0.709. The Balaban J connectivity index is 2.01. The number of benzene rings is 1. The van der Waals surface area contributed by atoms with Crippen molar-refractivity contribution in [3.8, 4) is 0 Å². The van der Waals surface area contributed by atoms with Crippen molar-refractivity contribution >= 4 is 28.2 Å². The Labute approximate surface area is 111 Å². The van der Waals surface area contributed by atoms with Crippen LogP contribution in [0.3, 0.4) is 0 Å². The predicted molar refractivity (Wildman–Crippen MR) is 77.5 cm³/mol. The maximum Gasteiger partial charge on any atom is 0.133 e. The number of aromatic nitrogens is 3. The fourth-order valence-corrected chi connectivity index (χ4v) is 2.00. The molecule has 0 saturated carbocycles. The Hall–Kier alpha value is -2.56. The van der Waals surface area contributed by atoms with Crippen LogP contribution in [-0.2, 0) is 0 Å². The molecule has 0 aliphatic heterocycles. The number of aryl methyl sites for hydroxylation is 1. The molecule has 0 saturated heterocycles. The van der Waals surface area contributed by atoms with Gasteiger partial charge in [-0.15, -0.1) is 0 Å². The predicted octanol–water partition coefficient (Wildman–Crippen LogP) is 2.62. The molecule has 2 heterocycles. The molecule has 0 bridgehead atoms. The summed E-state index contributed by atoms with van der Waals surface area (Å²) in [5.41, 5.74) is 10.5. The number of fused-ring (bicyclic) bond motifs is 1. The Morgan fingerprint density at radius 2 is 2.05 bits per heavy atom. The van der Waals surface area contributed by atoms with E-state index in [9.17, 15) is 0 Å². The second-order valence-electron chi connectivity index (χ2n) is 4.56. The maximum atomic E-state index is 5.79. The van der Waals surface area contributed by atoms with Crippen molar-refractivity contribution < 1.29 is 0 Å². The van der Waals surface area contributed by atoms with Crippen molar-refractivity contribution in [2.24, 2.45) is 0 Å². The second-order valence-corrected chi connectivity index (χ2v) is 4.56. The summed E-state index contributed by atoms with van der Waals surface area (Å²) in [7, 11) is 1.98. The van der Waals surface area contributed by atoms with Crippen molar-refractivity contribution in [3.63, 3.8) is 0 Å². The summed E-state index contributed by atoms with van der Waals surface area (Å²) in [6.45, 7) is 1.98. The van der Waals surface area contributed by atoms with E-state index < -0.39 is 0 Å². The molecule has 1 aromatic carbocycles. The molecule has 0 aliphatic rings. The summed E-state index contributed by atoms with van der Waals surface area (Å²) in [6, 6.07) is 8.04. The van der Waals surface area contributed by atoms with Gasteiger partial charge in [0.25, 0.3) is 0 Å². The van der Waals surface area contributed by atoms with Crippen molar-refractivity contribution in [3.05, 3.63) is 42.4 Å². The van der Waals surface area contributed by atoms with E-state index in [2.05, 4.69) is 21.0 Å². The van der Waals surface area contributed by atoms with Crippen LogP contribution in [0.15, 0.2) is 36.8 Å². The number of imidazole rings is 1. The highest BCUT2D eigenvalue weighted by atomic mass is 15.2. The van der Waals surface area contributed by atoms with E-state index in [1.807, 2.05) is 37.1 Å². The molecule has 3 N–H and O–H groups in total. The van der Waals surface area contributed by atoms with Crippen molar-refractivity contribution in [2.75, 3.05) is 17.7 Å². The van der Waals surface area contributed by atoms with E-state index in [1.54, 1.807) is 12.5 Å². The van der Waals surface area contributed by atoms with Gasteiger partial charge in [-0.3, -0.25) is 0 Å². The number of aromatic amines is 1. The van der Waals surface area contributed by atoms with Gasteiger partial charge in [-0.25, -0.2) is 9.97 Å². The molecule has 3 rings (SSSR count). The minimum atomic E-state index is 0.709. The minimum Gasteiger partial charge on any atom is -0.397 e. The Kier molecular flexibility index (Phi) is 2.59. The zero-order valence-corrected chi connectivity index (χ0v) is 10.9. The van der Waals surface area contributed by atoms with Crippen LogP contribution in [0.1, 0.15) is 5.56 Å². The lowest BCUT2D eigenvalue weighted by molar-refractivity contribution is 1.12. The molecular weight excluding hydrogens is 238 g/mol. The van der Waals surface area contributed by atoms with Crippen LogP contribution in [0.5, 0.6) is 0 Å². The van der Waals surface area contributed by atoms with Crippen LogP contribution in [0, 0.1) is 6.92 Å². The molecular formula is C14H15N5. The number of hydrogen-bond acceptors (Lipinski definition) is 4. The number of hydrogen-bond donors (Lipinski definition) is 2. The van der Waals surface area contributed by atoms with Crippen molar-refractivity contribution in [1.82, 2.24) is 15.0 Å². The summed E-state index contributed by atoms with van der Waals surface area (Å²) in [6.07, 6.45) is 3.38. The quantitative estimate of drug-likeness (QED) is 0.736. The largest absolute Gasteiger partial charge is 0.397 e. The number of nitrogens with one attached hydrogen (secondary N) is 1. The molecule has 0 radical (unpaired) electrons. The zero-order chi connectivity index (χ0) is 13.4. The molecule has 0 aliphatic carbocycles. The van der Waals surface area contributed by atoms with Gasteiger partial charge < -0.3 is 15.6 Å². The lowest BCUT2D eigenvalue weighted by Crippen LogP contribution is -2.11. The average Bonchev–Trinajstić information content (AvgIpc) is 2.88. The summed E-state index contributed by atoms with van der Waals surface area (Å²) in [5.74, 6) is 0.866. The van der Waals surface area contributed by atoms with E-state index in [0.717, 1.165) is 28.1 Å². The van der Waals surface area contributed by atoms with Crippen molar-refractivity contribution in [2.45, 2.75) is 6.92 Å². The van der Waals surface area contributed by atoms with Gasteiger partial charge in [-0.1, -0.05) is 0 Å². The number of nitrogens with zero attached hydrogens (tertiary/aromatic N) is 3. The van der Waals surface area contributed by atoms with E-state index >= 15 is 0 Å². The van der Waals surface area contributed by atoms with Crippen LogP contribution in [0.2, 0.25) is 0 Å². The first kappa shape index (κ1) is 11.5. The molecule has 0 spiro atoms.